The zero-order valence-corrected chi connectivity index (χ0v) is 9.32. The van der Waals surface area contributed by atoms with Crippen molar-refractivity contribution in [3.63, 3.8) is 0 Å². The number of rotatable bonds is 4. The first-order valence-corrected chi connectivity index (χ1v) is 5.06. The average molecular weight is 208 g/mol. The van der Waals surface area contributed by atoms with Gasteiger partial charge >= 0.3 is 0 Å². The van der Waals surface area contributed by atoms with Gasteiger partial charge in [-0.3, -0.25) is 0 Å². The van der Waals surface area contributed by atoms with Crippen LogP contribution in [0.1, 0.15) is 13.8 Å². The van der Waals surface area contributed by atoms with Crippen molar-refractivity contribution in [1.29, 1.82) is 0 Å². The molecule has 1 heterocycles. The van der Waals surface area contributed by atoms with Gasteiger partial charge in [-0.1, -0.05) is 0 Å². The fourth-order valence-electron chi connectivity index (χ4n) is 1.46. The molecule has 1 fully saturated rings. The van der Waals surface area contributed by atoms with Gasteiger partial charge in [-0.05, 0) is 38.1 Å². The van der Waals surface area contributed by atoms with Crippen LogP contribution in [0.2, 0.25) is 0 Å². The molecule has 1 saturated heterocycles. The molecule has 1 unspecified atom stereocenters. The maximum atomic E-state index is 5.84. The number of benzene rings is 1. The van der Waals surface area contributed by atoms with Crippen LogP contribution in [-0.2, 0) is 4.74 Å². The Balaban J connectivity index is 2.03. The predicted octanol–water partition coefficient (Wildman–Crippen LogP) is 2.25. The Morgan fingerprint density at radius 3 is 2.20 bits per heavy atom. The van der Waals surface area contributed by atoms with Crippen molar-refractivity contribution in [1.82, 2.24) is 0 Å². The van der Waals surface area contributed by atoms with Crippen molar-refractivity contribution in [2.24, 2.45) is 0 Å². The van der Waals surface area contributed by atoms with Crippen molar-refractivity contribution < 1.29 is 14.2 Å². The molecule has 1 atom stereocenters. The van der Waals surface area contributed by atoms with Crippen LogP contribution in [0.15, 0.2) is 24.3 Å². The van der Waals surface area contributed by atoms with E-state index in [0.717, 1.165) is 18.1 Å². The van der Waals surface area contributed by atoms with Crippen LogP contribution in [-0.4, -0.2) is 25.4 Å². The molecule has 0 saturated carbocycles. The Labute approximate surface area is 90.0 Å². The molecule has 0 N–H and O–H groups in total. The molecule has 1 aliphatic rings. The molecule has 2 rings (SSSR count). The van der Waals surface area contributed by atoms with Gasteiger partial charge in [-0.15, -0.1) is 0 Å². The van der Waals surface area contributed by atoms with Gasteiger partial charge in [-0.2, -0.15) is 0 Å². The van der Waals surface area contributed by atoms with Crippen molar-refractivity contribution in [3.8, 4) is 11.5 Å². The Morgan fingerprint density at radius 1 is 1.20 bits per heavy atom. The summed E-state index contributed by atoms with van der Waals surface area (Å²) in [6.45, 7) is 4.87. The third-order valence-electron chi connectivity index (χ3n) is 2.55. The molecule has 0 aliphatic carbocycles. The summed E-state index contributed by atoms with van der Waals surface area (Å²) < 4.78 is 16.2. The molecule has 0 spiro atoms. The molecule has 15 heavy (non-hydrogen) atoms. The molecule has 1 aromatic rings. The second kappa shape index (κ2) is 3.74. The van der Waals surface area contributed by atoms with Crippen LogP contribution in [0.3, 0.4) is 0 Å². The number of hydrogen-bond acceptors (Lipinski definition) is 3. The highest BCUT2D eigenvalue weighted by atomic mass is 16.6. The first-order chi connectivity index (χ1) is 7.12. The van der Waals surface area contributed by atoms with Crippen molar-refractivity contribution in [3.05, 3.63) is 24.3 Å². The fraction of sp³-hybridized carbons (Fsp3) is 0.500. The molecule has 1 aliphatic heterocycles. The van der Waals surface area contributed by atoms with Gasteiger partial charge in [0, 0.05) is 0 Å². The standard InChI is InChI=1S/C12H16O3/c1-12(2,11-8-14-11)15-10-6-4-9(13-3)5-7-10/h4-7,11H,8H2,1-3H3. The molecular formula is C12H16O3. The summed E-state index contributed by atoms with van der Waals surface area (Å²) >= 11 is 0. The van der Waals surface area contributed by atoms with Crippen LogP contribution < -0.4 is 9.47 Å². The van der Waals surface area contributed by atoms with E-state index < -0.39 is 0 Å². The van der Waals surface area contributed by atoms with E-state index in [1.165, 1.54) is 0 Å². The first-order valence-electron chi connectivity index (χ1n) is 5.06. The number of hydrogen-bond donors (Lipinski definition) is 0. The van der Waals surface area contributed by atoms with Crippen LogP contribution in [0.25, 0.3) is 0 Å². The van der Waals surface area contributed by atoms with Crippen molar-refractivity contribution in [2.45, 2.75) is 25.6 Å². The molecule has 1 aromatic carbocycles. The monoisotopic (exact) mass is 208 g/mol. The molecule has 82 valence electrons. The highest BCUT2D eigenvalue weighted by Gasteiger charge is 2.41. The minimum absolute atomic E-state index is 0.222. The zero-order chi connectivity index (χ0) is 10.9. The maximum Gasteiger partial charge on any atom is 0.132 e. The summed E-state index contributed by atoms with van der Waals surface area (Å²) in [6.07, 6.45) is 0.222. The van der Waals surface area contributed by atoms with E-state index in [2.05, 4.69) is 0 Å². The number of epoxide rings is 1. The summed E-state index contributed by atoms with van der Waals surface area (Å²) in [5, 5.41) is 0. The third-order valence-corrected chi connectivity index (χ3v) is 2.55. The van der Waals surface area contributed by atoms with E-state index in [-0.39, 0.29) is 11.7 Å². The summed E-state index contributed by atoms with van der Waals surface area (Å²) in [6, 6.07) is 7.59. The smallest absolute Gasteiger partial charge is 0.132 e. The second-order valence-electron chi connectivity index (χ2n) is 4.20. The van der Waals surface area contributed by atoms with Gasteiger partial charge in [0.15, 0.2) is 0 Å². The first kappa shape index (κ1) is 10.3. The molecule has 0 radical (unpaired) electrons. The predicted molar refractivity (Wildman–Crippen MR) is 57.4 cm³/mol. The van der Waals surface area contributed by atoms with Gasteiger partial charge in [-0.25, -0.2) is 0 Å². The zero-order valence-electron chi connectivity index (χ0n) is 9.32. The minimum atomic E-state index is -0.255. The van der Waals surface area contributed by atoms with Crippen LogP contribution in [0.4, 0.5) is 0 Å². The highest BCUT2D eigenvalue weighted by Crippen LogP contribution is 2.30. The van der Waals surface area contributed by atoms with Gasteiger partial charge in [0.05, 0.1) is 13.7 Å². The molecule has 0 bridgehead atoms. The molecule has 3 heteroatoms. The normalized spacial score (nSPS) is 19.8. The lowest BCUT2D eigenvalue weighted by Crippen LogP contribution is -2.34. The topological polar surface area (TPSA) is 31.0 Å². The van der Waals surface area contributed by atoms with Crippen LogP contribution in [0.5, 0.6) is 11.5 Å². The summed E-state index contributed by atoms with van der Waals surface area (Å²) in [4.78, 5) is 0. The SMILES string of the molecule is COc1ccc(OC(C)(C)C2CO2)cc1. The van der Waals surface area contributed by atoms with Crippen LogP contribution in [0, 0.1) is 0 Å². The maximum absolute atomic E-state index is 5.84. The summed E-state index contributed by atoms with van der Waals surface area (Å²) in [7, 11) is 1.65. The Morgan fingerprint density at radius 2 is 1.73 bits per heavy atom. The Hall–Kier alpha value is -1.22. The van der Waals surface area contributed by atoms with E-state index >= 15 is 0 Å². The van der Waals surface area contributed by atoms with Crippen molar-refractivity contribution >= 4 is 0 Å². The van der Waals surface area contributed by atoms with Gasteiger partial charge in [0.2, 0.25) is 0 Å². The fourth-order valence-corrected chi connectivity index (χ4v) is 1.46. The number of methoxy groups -OCH3 is 1. The van der Waals surface area contributed by atoms with E-state index in [1.54, 1.807) is 7.11 Å². The molecular weight excluding hydrogens is 192 g/mol. The van der Waals surface area contributed by atoms with E-state index in [9.17, 15) is 0 Å². The van der Waals surface area contributed by atoms with E-state index in [0.29, 0.717) is 0 Å². The lowest BCUT2D eigenvalue weighted by Gasteiger charge is -2.24. The highest BCUT2D eigenvalue weighted by molar-refractivity contribution is 5.31. The second-order valence-corrected chi connectivity index (χ2v) is 4.20. The van der Waals surface area contributed by atoms with E-state index in [1.807, 2.05) is 38.1 Å². The average Bonchev–Trinajstić information content (AvgIpc) is 3.01. The van der Waals surface area contributed by atoms with Gasteiger partial charge in [0.1, 0.15) is 23.2 Å². The number of ether oxygens (including phenoxy) is 3. The summed E-state index contributed by atoms with van der Waals surface area (Å²) in [5.41, 5.74) is -0.255. The Bertz CT molecular complexity index is 325. The largest absolute Gasteiger partial charge is 0.497 e. The molecule has 0 aromatic heterocycles. The lowest BCUT2D eigenvalue weighted by atomic mass is 10.1. The van der Waals surface area contributed by atoms with Crippen molar-refractivity contribution in [2.75, 3.05) is 13.7 Å². The summed E-state index contributed by atoms with van der Waals surface area (Å²) in [5.74, 6) is 1.68. The van der Waals surface area contributed by atoms with Gasteiger partial charge in [0.25, 0.3) is 0 Å². The quantitative estimate of drug-likeness (QED) is 0.711. The molecule has 0 amide bonds. The lowest BCUT2D eigenvalue weighted by molar-refractivity contribution is 0.0743. The third kappa shape index (κ3) is 2.42. The van der Waals surface area contributed by atoms with Gasteiger partial charge < -0.3 is 14.2 Å². The minimum Gasteiger partial charge on any atom is -0.497 e. The van der Waals surface area contributed by atoms with E-state index in [4.69, 9.17) is 14.2 Å². The van der Waals surface area contributed by atoms with Crippen LogP contribution >= 0.6 is 0 Å². The Kier molecular flexibility index (Phi) is 2.57. The molecule has 3 nitrogen and oxygen atoms in total.